The standard InChI is InChI=1S/C9H18N2O.ClH/c1-3-11-8(12)9(2)4-6-10-7-5-9;/h10H,3-7H2,1-2H3,(H,11,12);1H. The van der Waals surface area contributed by atoms with E-state index in [-0.39, 0.29) is 23.7 Å². The zero-order chi connectivity index (χ0) is 9.03. The molecule has 0 aliphatic carbocycles. The number of halogens is 1. The Morgan fingerprint density at radius 1 is 1.46 bits per heavy atom. The van der Waals surface area contributed by atoms with Crippen LogP contribution < -0.4 is 10.6 Å². The number of hydrogen-bond donors (Lipinski definition) is 2. The first-order valence-corrected chi connectivity index (χ1v) is 4.68. The van der Waals surface area contributed by atoms with Gasteiger partial charge in [-0.3, -0.25) is 4.79 Å². The molecule has 0 saturated carbocycles. The molecule has 0 atom stereocenters. The second-order valence-corrected chi connectivity index (χ2v) is 3.67. The minimum absolute atomic E-state index is 0. The van der Waals surface area contributed by atoms with Crippen LogP contribution in [0.25, 0.3) is 0 Å². The number of piperidine rings is 1. The van der Waals surface area contributed by atoms with E-state index >= 15 is 0 Å². The van der Waals surface area contributed by atoms with Crippen molar-refractivity contribution in [2.45, 2.75) is 26.7 Å². The lowest BCUT2D eigenvalue weighted by molar-refractivity contribution is -0.131. The maximum atomic E-state index is 11.6. The van der Waals surface area contributed by atoms with E-state index in [4.69, 9.17) is 0 Å². The molecule has 1 heterocycles. The Balaban J connectivity index is 0.00000144. The van der Waals surface area contributed by atoms with Crippen molar-refractivity contribution in [1.82, 2.24) is 10.6 Å². The number of rotatable bonds is 2. The Kier molecular flexibility index (Phi) is 5.33. The molecular formula is C9H19ClN2O. The molecule has 1 saturated heterocycles. The summed E-state index contributed by atoms with van der Waals surface area (Å²) < 4.78 is 0. The second kappa shape index (κ2) is 5.45. The highest BCUT2D eigenvalue weighted by molar-refractivity contribution is 5.85. The van der Waals surface area contributed by atoms with Crippen molar-refractivity contribution in [3.05, 3.63) is 0 Å². The molecular weight excluding hydrogens is 188 g/mol. The zero-order valence-electron chi connectivity index (χ0n) is 8.35. The molecule has 4 heteroatoms. The van der Waals surface area contributed by atoms with Crippen molar-refractivity contribution in [2.24, 2.45) is 5.41 Å². The molecule has 0 unspecified atom stereocenters. The minimum Gasteiger partial charge on any atom is -0.356 e. The Labute approximate surface area is 86.1 Å². The molecule has 0 aromatic heterocycles. The molecule has 0 bridgehead atoms. The summed E-state index contributed by atoms with van der Waals surface area (Å²) in [5.74, 6) is 0.214. The lowest BCUT2D eigenvalue weighted by Crippen LogP contribution is -2.45. The first-order chi connectivity index (χ1) is 5.69. The third kappa shape index (κ3) is 3.16. The van der Waals surface area contributed by atoms with Crippen molar-refractivity contribution < 1.29 is 4.79 Å². The minimum atomic E-state index is -0.124. The van der Waals surface area contributed by atoms with Crippen LogP contribution in [0.4, 0.5) is 0 Å². The largest absolute Gasteiger partial charge is 0.356 e. The van der Waals surface area contributed by atoms with Gasteiger partial charge in [0.2, 0.25) is 5.91 Å². The summed E-state index contributed by atoms with van der Waals surface area (Å²) in [7, 11) is 0. The lowest BCUT2D eigenvalue weighted by Gasteiger charge is -2.32. The molecule has 1 aliphatic rings. The monoisotopic (exact) mass is 206 g/mol. The number of nitrogens with one attached hydrogen (secondary N) is 2. The van der Waals surface area contributed by atoms with Crippen molar-refractivity contribution in [2.75, 3.05) is 19.6 Å². The molecule has 2 N–H and O–H groups in total. The van der Waals surface area contributed by atoms with Gasteiger partial charge in [-0.2, -0.15) is 0 Å². The van der Waals surface area contributed by atoms with Gasteiger partial charge in [-0.1, -0.05) is 6.92 Å². The molecule has 0 radical (unpaired) electrons. The van der Waals surface area contributed by atoms with Gasteiger partial charge in [-0.05, 0) is 32.9 Å². The molecule has 1 aliphatic heterocycles. The van der Waals surface area contributed by atoms with Crippen LogP contribution >= 0.6 is 12.4 Å². The van der Waals surface area contributed by atoms with E-state index < -0.39 is 0 Å². The molecule has 1 fully saturated rings. The van der Waals surface area contributed by atoms with Gasteiger partial charge in [0, 0.05) is 12.0 Å². The summed E-state index contributed by atoms with van der Waals surface area (Å²) in [5.41, 5.74) is -0.124. The predicted octanol–water partition coefficient (Wildman–Crippen LogP) is 0.934. The Morgan fingerprint density at radius 2 is 2.00 bits per heavy atom. The Hall–Kier alpha value is -0.280. The van der Waals surface area contributed by atoms with Gasteiger partial charge in [0.05, 0.1) is 0 Å². The quantitative estimate of drug-likeness (QED) is 0.706. The van der Waals surface area contributed by atoms with Gasteiger partial charge >= 0.3 is 0 Å². The summed E-state index contributed by atoms with van der Waals surface area (Å²) in [6, 6.07) is 0. The van der Waals surface area contributed by atoms with Gasteiger partial charge in [-0.25, -0.2) is 0 Å². The van der Waals surface area contributed by atoms with Crippen LogP contribution in [0.3, 0.4) is 0 Å². The maximum absolute atomic E-state index is 11.6. The normalized spacial score (nSPS) is 20.2. The van der Waals surface area contributed by atoms with Gasteiger partial charge in [0.15, 0.2) is 0 Å². The van der Waals surface area contributed by atoms with Crippen LogP contribution in [0.2, 0.25) is 0 Å². The third-order valence-corrected chi connectivity index (χ3v) is 2.59. The summed E-state index contributed by atoms with van der Waals surface area (Å²) in [6.45, 7) is 6.68. The zero-order valence-corrected chi connectivity index (χ0v) is 9.17. The van der Waals surface area contributed by atoms with Crippen LogP contribution in [0.15, 0.2) is 0 Å². The molecule has 3 nitrogen and oxygen atoms in total. The Bertz CT molecular complexity index is 167. The molecule has 0 spiro atoms. The van der Waals surface area contributed by atoms with E-state index in [0.29, 0.717) is 0 Å². The molecule has 78 valence electrons. The SMILES string of the molecule is CCNC(=O)C1(C)CCNCC1.Cl. The van der Waals surface area contributed by atoms with Crippen molar-refractivity contribution in [3.63, 3.8) is 0 Å². The number of carbonyl (C=O) groups excluding carboxylic acids is 1. The van der Waals surface area contributed by atoms with Crippen LogP contribution in [-0.2, 0) is 4.79 Å². The van der Waals surface area contributed by atoms with E-state index in [9.17, 15) is 4.79 Å². The van der Waals surface area contributed by atoms with E-state index in [2.05, 4.69) is 17.6 Å². The third-order valence-electron chi connectivity index (χ3n) is 2.59. The summed E-state index contributed by atoms with van der Waals surface area (Å²) >= 11 is 0. The van der Waals surface area contributed by atoms with E-state index in [1.807, 2.05) is 6.92 Å². The van der Waals surface area contributed by atoms with Crippen molar-refractivity contribution >= 4 is 18.3 Å². The second-order valence-electron chi connectivity index (χ2n) is 3.67. The van der Waals surface area contributed by atoms with Gasteiger partial charge < -0.3 is 10.6 Å². The van der Waals surface area contributed by atoms with Crippen LogP contribution in [0, 0.1) is 5.41 Å². The molecule has 0 aromatic rings. The van der Waals surface area contributed by atoms with Gasteiger partial charge in [0.1, 0.15) is 0 Å². The highest BCUT2D eigenvalue weighted by Crippen LogP contribution is 2.27. The Morgan fingerprint density at radius 3 is 2.46 bits per heavy atom. The molecule has 1 rings (SSSR count). The van der Waals surface area contributed by atoms with E-state index in [0.717, 1.165) is 32.5 Å². The van der Waals surface area contributed by atoms with Crippen molar-refractivity contribution in [1.29, 1.82) is 0 Å². The highest BCUT2D eigenvalue weighted by atomic mass is 35.5. The molecule has 0 aromatic carbocycles. The molecule has 1 amide bonds. The summed E-state index contributed by atoms with van der Waals surface area (Å²) in [6.07, 6.45) is 1.91. The average Bonchev–Trinajstić information content (AvgIpc) is 2.06. The lowest BCUT2D eigenvalue weighted by atomic mass is 9.80. The topological polar surface area (TPSA) is 41.1 Å². The summed E-state index contributed by atoms with van der Waals surface area (Å²) in [5, 5.41) is 6.15. The fourth-order valence-electron chi connectivity index (χ4n) is 1.58. The first kappa shape index (κ1) is 12.7. The number of amides is 1. The predicted molar refractivity (Wildman–Crippen MR) is 56.1 cm³/mol. The van der Waals surface area contributed by atoms with Crippen LogP contribution in [0.1, 0.15) is 26.7 Å². The fourth-order valence-corrected chi connectivity index (χ4v) is 1.58. The smallest absolute Gasteiger partial charge is 0.226 e. The van der Waals surface area contributed by atoms with E-state index in [1.54, 1.807) is 0 Å². The summed E-state index contributed by atoms with van der Waals surface area (Å²) in [4.78, 5) is 11.6. The number of hydrogen-bond acceptors (Lipinski definition) is 2. The van der Waals surface area contributed by atoms with Crippen LogP contribution in [-0.4, -0.2) is 25.5 Å². The fraction of sp³-hybridized carbons (Fsp3) is 0.889. The molecule has 13 heavy (non-hydrogen) atoms. The van der Waals surface area contributed by atoms with E-state index in [1.165, 1.54) is 0 Å². The van der Waals surface area contributed by atoms with Gasteiger partial charge in [0.25, 0.3) is 0 Å². The first-order valence-electron chi connectivity index (χ1n) is 4.68. The highest BCUT2D eigenvalue weighted by Gasteiger charge is 2.33. The van der Waals surface area contributed by atoms with Gasteiger partial charge in [-0.15, -0.1) is 12.4 Å². The number of carbonyl (C=O) groups is 1. The maximum Gasteiger partial charge on any atom is 0.226 e. The van der Waals surface area contributed by atoms with Crippen molar-refractivity contribution in [3.8, 4) is 0 Å². The van der Waals surface area contributed by atoms with Crippen LogP contribution in [0.5, 0.6) is 0 Å². The average molecular weight is 207 g/mol.